The van der Waals surface area contributed by atoms with Crippen LogP contribution < -0.4 is 5.32 Å². The fourth-order valence-corrected chi connectivity index (χ4v) is 3.41. The molecule has 0 amide bonds. The van der Waals surface area contributed by atoms with Gasteiger partial charge in [0.1, 0.15) is 22.9 Å². The van der Waals surface area contributed by atoms with Crippen LogP contribution >= 0.6 is 0 Å². The van der Waals surface area contributed by atoms with Crippen LogP contribution in [0.1, 0.15) is 31.4 Å². The van der Waals surface area contributed by atoms with Gasteiger partial charge in [-0.15, -0.1) is 0 Å². The summed E-state index contributed by atoms with van der Waals surface area (Å²) in [5.74, 6) is 0.250. The Bertz CT molecular complexity index is 1220. The number of aromatic nitrogens is 5. The highest BCUT2D eigenvalue weighted by molar-refractivity contribution is 5.83. The van der Waals surface area contributed by atoms with Crippen LogP contribution in [-0.4, -0.2) is 24.5 Å². The van der Waals surface area contributed by atoms with Crippen molar-refractivity contribution >= 4 is 22.8 Å². The second kappa shape index (κ2) is 7.20. The molecule has 148 valence electrons. The second-order valence-corrected chi connectivity index (χ2v) is 7.13. The molecule has 8 heteroatoms. The molecule has 0 aliphatic carbocycles. The van der Waals surface area contributed by atoms with E-state index in [-0.39, 0.29) is 23.2 Å². The minimum absolute atomic E-state index is 0.00473. The Morgan fingerprint density at radius 3 is 2.52 bits per heavy atom. The van der Waals surface area contributed by atoms with Crippen molar-refractivity contribution in [2.24, 2.45) is 0 Å². The molecular weight excluding hydrogens is 374 g/mol. The van der Waals surface area contributed by atoms with E-state index < -0.39 is 11.6 Å². The zero-order valence-corrected chi connectivity index (χ0v) is 16.5. The Balaban J connectivity index is 1.82. The van der Waals surface area contributed by atoms with Gasteiger partial charge in [-0.2, -0.15) is 0 Å². The van der Waals surface area contributed by atoms with Crippen molar-refractivity contribution in [1.82, 2.24) is 24.5 Å². The van der Waals surface area contributed by atoms with E-state index >= 15 is 0 Å². The summed E-state index contributed by atoms with van der Waals surface area (Å²) < 4.78 is 31.2. The third-order valence-electron chi connectivity index (χ3n) is 4.59. The van der Waals surface area contributed by atoms with Crippen molar-refractivity contribution in [3.63, 3.8) is 0 Å². The van der Waals surface area contributed by atoms with Crippen molar-refractivity contribution < 1.29 is 8.78 Å². The predicted molar refractivity (Wildman–Crippen MR) is 108 cm³/mol. The van der Waals surface area contributed by atoms with Gasteiger partial charge in [-0.1, -0.05) is 6.07 Å². The second-order valence-electron chi connectivity index (χ2n) is 7.13. The highest BCUT2D eigenvalue weighted by Crippen LogP contribution is 2.30. The summed E-state index contributed by atoms with van der Waals surface area (Å²) in [6.45, 7) is 7.66. The van der Waals surface area contributed by atoms with Crippen molar-refractivity contribution in [2.45, 2.75) is 33.7 Å². The maximum Gasteiger partial charge on any atom is 0.229 e. The van der Waals surface area contributed by atoms with Crippen molar-refractivity contribution in [1.29, 1.82) is 0 Å². The molecule has 3 aromatic heterocycles. The number of benzene rings is 1. The van der Waals surface area contributed by atoms with Crippen LogP contribution in [-0.2, 0) is 0 Å². The quantitative estimate of drug-likeness (QED) is 0.521. The van der Waals surface area contributed by atoms with E-state index in [1.54, 1.807) is 12.1 Å². The molecule has 0 aliphatic heterocycles. The van der Waals surface area contributed by atoms with Gasteiger partial charge in [-0.05, 0) is 52.0 Å². The first-order valence-electron chi connectivity index (χ1n) is 9.25. The lowest BCUT2D eigenvalue weighted by Crippen LogP contribution is -2.04. The van der Waals surface area contributed by atoms with Crippen molar-refractivity contribution in [3.8, 4) is 11.3 Å². The third-order valence-corrected chi connectivity index (χ3v) is 4.59. The zero-order chi connectivity index (χ0) is 20.7. The van der Waals surface area contributed by atoms with Gasteiger partial charge in [0.05, 0.1) is 11.7 Å². The Labute approximate surface area is 166 Å². The Morgan fingerprint density at radius 1 is 1.00 bits per heavy atom. The molecule has 0 unspecified atom stereocenters. The van der Waals surface area contributed by atoms with Gasteiger partial charge in [-0.3, -0.25) is 0 Å². The lowest BCUT2D eigenvalue weighted by molar-refractivity contribution is 0.600. The average Bonchev–Trinajstić information content (AvgIpc) is 3.00. The first kappa shape index (κ1) is 18.9. The molecule has 1 aromatic carbocycles. The van der Waals surface area contributed by atoms with E-state index in [1.165, 1.54) is 6.07 Å². The summed E-state index contributed by atoms with van der Waals surface area (Å²) in [6.07, 6.45) is 1.06. The van der Waals surface area contributed by atoms with Crippen LogP contribution in [0, 0.1) is 25.5 Å². The molecule has 0 radical (unpaired) electrons. The van der Waals surface area contributed by atoms with Crippen molar-refractivity contribution in [2.75, 3.05) is 5.32 Å². The van der Waals surface area contributed by atoms with E-state index in [1.807, 2.05) is 44.4 Å². The molecule has 0 saturated carbocycles. The van der Waals surface area contributed by atoms with Crippen LogP contribution in [0.2, 0.25) is 0 Å². The van der Waals surface area contributed by atoms with Gasteiger partial charge < -0.3 is 9.88 Å². The molecule has 3 heterocycles. The van der Waals surface area contributed by atoms with E-state index in [2.05, 4.69) is 25.3 Å². The Kier molecular flexibility index (Phi) is 4.70. The molecule has 0 atom stereocenters. The summed E-state index contributed by atoms with van der Waals surface area (Å²) in [4.78, 5) is 16.9. The lowest BCUT2D eigenvalue weighted by atomic mass is 10.1. The number of nitrogens with zero attached hydrogens (tertiary/aromatic N) is 5. The largest absolute Gasteiger partial charge is 0.326 e. The van der Waals surface area contributed by atoms with Crippen LogP contribution in [0.25, 0.3) is 22.3 Å². The molecule has 0 saturated heterocycles. The first-order valence-corrected chi connectivity index (χ1v) is 9.25. The number of nitrogens with one attached hydrogen (secondary N) is 1. The Morgan fingerprint density at radius 2 is 1.79 bits per heavy atom. The number of anilines is 2. The standard InChI is InChI=1S/C21H20F2N6/c1-11(2)29-13(4)26-20-15(22)8-14(9-17(20)29)19-16(23)10-24-21(28-19)27-18-7-5-6-12(3)25-18/h5-11H,1-4H3,(H,24,25,27,28). The van der Waals surface area contributed by atoms with E-state index in [4.69, 9.17) is 0 Å². The van der Waals surface area contributed by atoms with Gasteiger partial charge in [0.2, 0.25) is 5.95 Å². The van der Waals surface area contributed by atoms with Gasteiger partial charge in [0.15, 0.2) is 11.6 Å². The molecule has 29 heavy (non-hydrogen) atoms. The number of hydrogen-bond acceptors (Lipinski definition) is 5. The normalized spacial score (nSPS) is 11.4. The van der Waals surface area contributed by atoms with E-state index in [9.17, 15) is 8.78 Å². The fraction of sp³-hybridized carbons (Fsp3) is 0.238. The number of aryl methyl sites for hydroxylation is 2. The first-order chi connectivity index (χ1) is 13.8. The highest BCUT2D eigenvalue weighted by Gasteiger charge is 2.18. The molecule has 4 aromatic rings. The van der Waals surface area contributed by atoms with E-state index in [0.717, 1.165) is 11.9 Å². The fourth-order valence-electron chi connectivity index (χ4n) is 3.41. The molecule has 0 bridgehead atoms. The van der Waals surface area contributed by atoms with Gasteiger partial charge >= 0.3 is 0 Å². The van der Waals surface area contributed by atoms with Crippen LogP contribution in [0.3, 0.4) is 0 Å². The van der Waals surface area contributed by atoms with Gasteiger partial charge in [0, 0.05) is 17.3 Å². The molecule has 4 rings (SSSR count). The maximum atomic E-state index is 14.7. The van der Waals surface area contributed by atoms with Gasteiger partial charge in [0.25, 0.3) is 0 Å². The molecule has 0 fully saturated rings. The number of rotatable bonds is 4. The topological polar surface area (TPSA) is 68.5 Å². The lowest BCUT2D eigenvalue weighted by Gasteiger charge is -2.12. The van der Waals surface area contributed by atoms with Crippen LogP contribution in [0.4, 0.5) is 20.5 Å². The number of fused-ring (bicyclic) bond motifs is 1. The number of halogens is 2. The van der Waals surface area contributed by atoms with Gasteiger partial charge in [-0.25, -0.2) is 28.7 Å². The Hall–Kier alpha value is -3.42. The number of hydrogen-bond donors (Lipinski definition) is 1. The number of imidazole rings is 1. The predicted octanol–water partition coefficient (Wildman–Crippen LogP) is 5.11. The molecular formula is C21H20F2N6. The van der Waals surface area contributed by atoms with Crippen molar-refractivity contribution in [3.05, 3.63) is 59.7 Å². The highest BCUT2D eigenvalue weighted by atomic mass is 19.1. The summed E-state index contributed by atoms with van der Waals surface area (Å²) in [5, 5.41) is 2.96. The molecule has 1 N–H and O–H groups in total. The summed E-state index contributed by atoms with van der Waals surface area (Å²) >= 11 is 0. The summed E-state index contributed by atoms with van der Waals surface area (Å²) in [6, 6.07) is 8.50. The molecule has 0 spiro atoms. The van der Waals surface area contributed by atoms with Crippen LogP contribution in [0.5, 0.6) is 0 Å². The third kappa shape index (κ3) is 3.53. The SMILES string of the molecule is Cc1cccc(Nc2ncc(F)c(-c3cc(F)c4nc(C)n(C(C)C)c4c3)n2)n1. The summed E-state index contributed by atoms with van der Waals surface area (Å²) in [7, 11) is 0. The molecule has 0 aliphatic rings. The number of pyridine rings is 1. The minimum Gasteiger partial charge on any atom is -0.326 e. The van der Waals surface area contributed by atoms with E-state index in [0.29, 0.717) is 22.7 Å². The smallest absolute Gasteiger partial charge is 0.229 e. The maximum absolute atomic E-state index is 14.7. The van der Waals surface area contributed by atoms with Crippen LogP contribution in [0.15, 0.2) is 36.5 Å². The summed E-state index contributed by atoms with van der Waals surface area (Å²) in [5.41, 5.74) is 2.00. The minimum atomic E-state index is -0.640. The average molecular weight is 394 g/mol. The zero-order valence-electron chi connectivity index (χ0n) is 16.5. The molecule has 6 nitrogen and oxygen atoms in total. The monoisotopic (exact) mass is 394 g/mol.